The summed E-state index contributed by atoms with van der Waals surface area (Å²) >= 11 is 2.97. The first-order valence-corrected chi connectivity index (χ1v) is 11.8. The van der Waals surface area contributed by atoms with E-state index < -0.39 is 0 Å². The van der Waals surface area contributed by atoms with Gasteiger partial charge >= 0.3 is 0 Å². The molecule has 4 rings (SSSR count). The number of carbonyl (C=O) groups is 2. The zero-order valence-corrected chi connectivity index (χ0v) is 19.0. The van der Waals surface area contributed by atoms with Crippen molar-refractivity contribution in [1.29, 1.82) is 0 Å². The molecular weight excluding hydrogens is 414 g/mol. The number of aromatic nitrogens is 1. The molecule has 3 heterocycles. The largest absolute Gasteiger partial charge is 0.338 e. The van der Waals surface area contributed by atoms with Crippen LogP contribution in [-0.2, 0) is 0 Å². The van der Waals surface area contributed by atoms with Gasteiger partial charge in [-0.3, -0.25) is 9.59 Å². The molecule has 0 aliphatic carbocycles. The molecule has 2 atom stereocenters. The van der Waals surface area contributed by atoms with Crippen molar-refractivity contribution in [3.05, 3.63) is 57.9 Å². The predicted octanol–water partition coefficient (Wildman–Crippen LogP) is 5.55. The smallest absolute Gasteiger partial charge is 0.267 e. The van der Waals surface area contributed by atoms with Crippen molar-refractivity contribution in [3.8, 4) is 9.88 Å². The quantitative estimate of drug-likeness (QED) is 0.580. The van der Waals surface area contributed by atoms with Crippen LogP contribution in [0.5, 0.6) is 0 Å². The minimum absolute atomic E-state index is 0.0293. The Balaban J connectivity index is 1.51. The summed E-state index contributed by atoms with van der Waals surface area (Å²) in [5.74, 6) is 0.835. The number of amides is 2. The molecule has 1 aromatic carbocycles. The van der Waals surface area contributed by atoms with Gasteiger partial charge in [-0.15, -0.1) is 22.7 Å². The molecule has 1 aliphatic rings. The van der Waals surface area contributed by atoms with Gasteiger partial charge in [-0.05, 0) is 54.3 Å². The van der Waals surface area contributed by atoms with Crippen LogP contribution in [-0.4, -0.2) is 34.8 Å². The van der Waals surface area contributed by atoms with Crippen LogP contribution in [0, 0.1) is 18.8 Å². The summed E-state index contributed by atoms with van der Waals surface area (Å²) in [5, 5.41) is 5.79. The van der Waals surface area contributed by atoms with Crippen LogP contribution in [0.25, 0.3) is 9.88 Å². The summed E-state index contributed by atoms with van der Waals surface area (Å²) in [6.07, 6.45) is 2.76. The van der Waals surface area contributed by atoms with Crippen molar-refractivity contribution in [1.82, 2.24) is 9.88 Å². The van der Waals surface area contributed by atoms with E-state index in [4.69, 9.17) is 0 Å². The first kappa shape index (κ1) is 20.8. The average molecular weight is 440 g/mol. The number of hydrogen-bond donors (Lipinski definition) is 1. The van der Waals surface area contributed by atoms with E-state index >= 15 is 0 Å². The Morgan fingerprint density at radius 3 is 2.63 bits per heavy atom. The first-order chi connectivity index (χ1) is 14.4. The van der Waals surface area contributed by atoms with Crippen molar-refractivity contribution < 1.29 is 9.59 Å². The van der Waals surface area contributed by atoms with Gasteiger partial charge in [0.2, 0.25) is 0 Å². The first-order valence-electron chi connectivity index (χ1n) is 10.1. The molecule has 2 amide bonds. The zero-order chi connectivity index (χ0) is 21.3. The summed E-state index contributed by atoms with van der Waals surface area (Å²) in [6.45, 7) is 7.88. The monoisotopic (exact) mass is 439 g/mol. The van der Waals surface area contributed by atoms with Gasteiger partial charge in [-0.2, -0.15) is 0 Å². The van der Waals surface area contributed by atoms with Crippen molar-refractivity contribution in [2.75, 3.05) is 18.4 Å². The summed E-state index contributed by atoms with van der Waals surface area (Å²) in [6, 6.07) is 9.49. The number of piperidine rings is 1. The number of rotatable bonds is 4. The summed E-state index contributed by atoms with van der Waals surface area (Å²) in [7, 11) is 0. The van der Waals surface area contributed by atoms with Gasteiger partial charge in [-0.1, -0.05) is 26.0 Å². The van der Waals surface area contributed by atoms with Gasteiger partial charge in [-0.25, -0.2) is 4.98 Å². The van der Waals surface area contributed by atoms with Gasteiger partial charge in [0.15, 0.2) is 0 Å². The fraction of sp³-hybridized carbons (Fsp3) is 0.348. The summed E-state index contributed by atoms with van der Waals surface area (Å²) < 4.78 is 0. The van der Waals surface area contributed by atoms with Crippen molar-refractivity contribution in [2.45, 2.75) is 27.2 Å². The Morgan fingerprint density at radius 1 is 1.17 bits per heavy atom. The van der Waals surface area contributed by atoms with E-state index in [-0.39, 0.29) is 11.8 Å². The maximum Gasteiger partial charge on any atom is 0.267 e. The third-order valence-corrected chi connectivity index (χ3v) is 7.39. The lowest BCUT2D eigenvalue weighted by molar-refractivity contribution is 0.0623. The van der Waals surface area contributed by atoms with Crippen LogP contribution in [0.3, 0.4) is 0 Å². The van der Waals surface area contributed by atoms with E-state index in [1.807, 2.05) is 41.5 Å². The van der Waals surface area contributed by atoms with Crippen molar-refractivity contribution >= 4 is 40.2 Å². The van der Waals surface area contributed by atoms with Gasteiger partial charge in [0.05, 0.1) is 11.1 Å². The number of thiazole rings is 1. The molecule has 156 valence electrons. The molecule has 1 saturated heterocycles. The number of likely N-dealkylation sites (tertiary alicyclic amines) is 1. The molecule has 30 heavy (non-hydrogen) atoms. The van der Waals surface area contributed by atoms with E-state index in [9.17, 15) is 9.59 Å². The fourth-order valence-corrected chi connectivity index (χ4v) is 5.59. The number of carbonyl (C=O) groups excluding carboxylic acids is 2. The van der Waals surface area contributed by atoms with E-state index in [0.717, 1.165) is 35.0 Å². The molecule has 1 aliphatic heterocycles. The Kier molecular flexibility index (Phi) is 6.01. The second kappa shape index (κ2) is 8.70. The molecule has 2 aromatic heterocycles. The molecule has 0 spiro atoms. The summed E-state index contributed by atoms with van der Waals surface area (Å²) in [4.78, 5) is 33.7. The Morgan fingerprint density at radius 2 is 1.93 bits per heavy atom. The van der Waals surface area contributed by atoms with E-state index in [2.05, 4.69) is 24.1 Å². The maximum atomic E-state index is 13.1. The highest BCUT2D eigenvalue weighted by Gasteiger charge is 2.26. The lowest BCUT2D eigenvalue weighted by Crippen LogP contribution is -2.42. The number of benzene rings is 1. The minimum Gasteiger partial charge on any atom is -0.338 e. The highest BCUT2D eigenvalue weighted by atomic mass is 32.1. The van der Waals surface area contributed by atoms with E-state index in [1.165, 1.54) is 11.3 Å². The zero-order valence-electron chi connectivity index (χ0n) is 17.3. The SMILES string of the molecule is Cc1ccc(C(=O)N2CC(C)CC(C)C2)cc1NC(=O)c1cnc(-c2cccs2)s1. The van der Waals surface area contributed by atoms with Crippen LogP contribution in [0.2, 0.25) is 0 Å². The second-order valence-corrected chi connectivity index (χ2v) is 10.1. The van der Waals surface area contributed by atoms with E-state index in [1.54, 1.807) is 23.6 Å². The molecule has 3 aromatic rings. The van der Waals surface area contributed by atoms with Crippen LogP contribution in [0.4, 0.5) is 5.69 Å². The summed E-state index contributed by atoms with van der Waals surface area (Å²) in [5.41, 5.74) is 2.19. The van der Waals surface area contributed by atoms with Crippen LogP contribution < -0.4 is 5.32 Å². The molecule has 0 bridgehead atoms. The number of nitrogens with zero attached hydrogens (tertiary/aromatic N) is 2. The van der Waals surface area contributed by atoms with Crippen molar-refractivity contribution in [3.63, 3.8) is 0 Å². The third-order valence-electron chi connectivity index (χ3n) is 5.35. The number of anilines is 1. The predicted molar refractivity (Wildman–Crippen MR) is 123 cm³/mol. The number of thiophene rings is 1. The topological polar surface area (TPSA) is 62.3 Å². The standard InChI is InChI=1S/C23H25N3O2S2/c1-14-9-15(2)13-26(12-14)23(28)17-7-6-16(3)18(10-17)25-21(27)20-11-24-22(30-20)19-5-4-8-29-19/h4-8,10-11,14-15H,9,12-13H2,1-3H3,(H,25,27). The van der Waals surface area contributed by atoms with Crippen molar-refractivity contribution in [2.24, 2.45) is 11.8 Å². The normalized spacial score (nSPS) is 19.0. The second-order valence-electron chi connectivity index (χ2n) is 8.15. The van der Waals surface area contributed by atoms with Crippen LogP contribution in [0.15, 0.2) is 41.9 Å². The van der Waals surface area contributed by atoms with Gasteiger partial charge < -0.3 is 10.2 Å². The Bertz CT molecular complexity index is 1050. The third kappa shape index (κ3) is 4.47. The average Bonchev–Trinajstić information content (AvgIpc) is 3.40. The minimum atomic E-state index is -0.205. The van der Waals surface area contributed by atoms with Crippen LogP contribution >= 0.6 is 22.7 Å². The molecule has 5 nitrogen and oxygen atoms in total. The Hall–Kier alpha value is -2.51. The van der Waals surface area contributed by atoms with Gasteiger partial charge in [0, 0.05) is 24.3 Å². The number of aryl methyl sites for hydroxylation is 1. The fourth-order valence-electron chi connectivity index (χ4n) is 3.98. The number of hydrogen-bond acceptors (Lipinski definition) is 5. The molecule has 0 saturated carbocycles. The molecule has 7 heteroatoms. The highest BCUT2D eigenvalue weighted by Crippen LogP contribution is 2.30. The molecule has 0 radical (unpaired) electrons. The van der Waals surface area contributed by atoms with Gasteiger partial charge in [0.25, 0.3) is 11.8 Å². The van der Waals surface area contributed by atoms with Crippen LogP contribution in [0.1, 0.15) is 45.9 Å². The highest BCUT2D eigenvalue weighted by molar-refractivity contribution is 7.22. The molecule has 2 unspecified atom stereocenters. The number of nitrogens with one attached hydrogen (secondary N) is 1. The Labute approximate surface area is 184 Å². The molecule has 1 N–H and O–H groups in total. The molecule has 1 fully saturated rings. The lowest BCUT2D eigenvalue weighted by Gasteiger charge is -2.35. The van der Waals surface area contributed by atoms with E-state index in [0.29, 0.717) is 28.0 Å². The molecular formula is C23H25N3O2S2. The maximum absolute atomic E-state index is 13.1. The van der Waals surface area contributed by atoms with Gasteiger partial charge in [0.1, 0.15) is 9.88 Å². The lowest BCUT2D eigenvalue weighted by atomic mass is 9.91.